The Kier molecular flexibility index (Phi) is 4.18. The van der Waals surface area contributed by atoms with Gasteiger partial charge >= 0.3 is 0 Å². The van der Waals surface area contributed by atoms with Crippen LogP contribution in [0.1, 0.15) is 11.3 Å². The standard InChI is InChI=1S/C17H16N.ClH/c1-14-17-10-6-5-9-16(17)11-12-18(14)13-15-7-3-2-4-8-15;/h2-12H,13H2,1H3;1H/q+1;/p-1. The summed E-state index contributed by atoms with van der Waals surface area (Å²) in [6.45, 7) is 3.11. The Morgan fingerprint density at radius 2 is 1.53 bits per heavy atom. The molecule has 96 valence electrons. The molecule has 0 unspecified atom stereocenters. The second kappa shape index (κ2) is 5.85. The fourth-order valence-electron chi connectivity index (χ4n) is 2.36. The number of hydrogen-bond donors (Lipinski definition) is 0. The highest BCUT2D eigenvalue weighted by molar-refractivity contribution is 5.83. The van der Waals surface area contributed by atoms with Gasteiger partial charge in [-0.05, 0) is 11.5 Å². The lowest BCUT2D eigenvalue weighted by Gasteiger charge is -2.04. The third-order valence-corrected chi connectivity index (χ3v) is 3.41. The number of pyridine rings is 1. The zero-order valence-electron chi connectivity index (χ0n) is 10.9. The first-order valence-corrected chi connectivity index (χ1v) is 6.26. The van der Waals surface area contributed by atoms with Gasteiger partial charge in [0.2, 0.25) is 0 Å². The van der Waals surface area contributed by atoms with Crippen molar-refractivity contribution in [1.82, 2.24) is 0 Å². The second-order valence-electron chi connectivity index (χ2n) is 4.60. The monoisotopic (exact) mass is 269 g/mol. The van der Waals surface area contributed by atoms with Crippen LogP contribution in [0.25, 0.3) is 10.8 Å². The Morgan fingerprint density at radius 1 is 0.842 bits per heavy atom. The first kappa shape index (κ1) is 13.6. The molecule has 0 aliphatic carbocycles. The number of benzene rings is 2. The van der Waals surface area contributed by atoms with Crippen molar-refractivity contribution in [2.75, 3.05) is 0 Å². The van der Waals surface area contributed by atoms with Gasteiger partial charge in [0.25, 0.3) is 0 Å². The maximum atomic E-state index is 2.30. The van der Waals surface area contributed by atoms with E-state index in [1.807, 2.05) is 0 Å². The number of aryl methyl sites for hydroxylation is 1. The number of nitrogens with zero attached hydrogens (tertiary/aromatic N) is 1. The van der Waals surface area contributed by atoms with Crippen LogP contribution in [0.5, 0.6) is 0 Å². The molecule has 0 bridgehead atoms. The van der Waals surface area contributed by atoms with E-state index in [0.29, 0.717) is 0 Å². The van der Waals surface area contributed by atoms with Crippen molar-refractivity contribution < 1.29 is 17.0 Å². The van der Waals surface area contributed by atoms with E-state index in [9.17, 15) is 0 Å². The molecule has 1 aromatic heterocycles. The van der Waals surface area contributed by atoms with E-state index in [0.717, 1.165) is 6.54 Å². The minimum atomic E-state index is 0. The molecule has 0 amide bonds. The molecule has 0 aliphatic rings. The first-order chi connectivity index (χ1) is 8.84. The van der Waals surface area contributed by atoms with Crippen LogP contribution in [0.3, 0.4) is 0 Å². The SMILES string of the molecule is Cc1c2ccccc2cc[n+]1Cc1ccccc1.[Cl-]. The molecule has 0 N–H and O–H groups in total. The van der Waals surface area contributed by atoms with Gasteiger partial charge in [0, 0.05) is 23.9 Å². The van der Waals surface area contributed by atoms with E-state index >= 15 is 0 Å². The molecule has 0 aliphatic heterocycles. The van der Waals surface area contributed by atoms with Crippen molar-refractivity contribution in [3.8, 4) is 0 Å². The van der Waals surface area contributed by atoms with Gasteiger partial charge in [0.15, 0.2) is 18.4 Å². The summed E-state index contributed by atoms with van der Waals surface area (Å²) in [7, 11) is 0. The molecular weight excluding hydrogens is 254 g/mol. The van der Waals surface area contributed by atoms with Crippen molar-refractivity contribution in [3.05, 3.63) is 78.1 Å². The Morgan fingerprint density at radius 3 is 2.32 bits per heavy atom. The molecule has 2 heteroatoms. The van der Waals surface area contributed by atoms with Crippen molar-refractivity contribution in [1.29, 1.82) is 0 Å². The molecule has 0 saturated heterocycles. The van der Waals surface area contributed by atoms with E-state index in [2.05, 4.69) is 78.4 Å². The molecule has 0 saturated carbocycles. The Bertz CT molecular complexity index is 677. The minimum absolute atomic E-state index is 0. The third-order valence-electron chi connectivity index (χ3n) is 3.41. The van der Waals surface area contributed by atoms with Gasteiger partial charge < -0.3 is 12.4 Å². The molecule has 3 rings (SSSR count). The van der Waals surface area contributed by atoms with E-state index in [4.69, 9.17) is 0 Å². The van der Waals surface area contributed by atoms with Gasteiger partial charge in [-0.3, -0.25) is 0 Å². The van der Waals surface area contributed by atoms with Crippen LogP contribution in [-0.4, -0.2) is 0 Å². The zero-order valence-corrected chi connectivity index (χ0v) is 11.6. The number of fused-ring (bicyclic) bond motifs is 1. The number of aromatic nitrogens is 1. The quantitative estimate of drug-likeness (QED) is 0.596. The number of hydrogen-bond acceptors (Lipinski definition) is 0. The lowest BCUT2D eigenvalue weighted by Crippen LogP contribution is -3.00. The highest BCUT2D eigenvalue weighted by Gasteiger charge is 2.10. The fraction of sp³-hybridized carbons (Fsp3) is 0.118. The van der Waals surface area contributed by atoms with Gasteiger partial charge in [-0.15, -0.1) is 0 Å². The van der Waals surface area contributed by atoms with Crippen LogP contribution in [0.2, 0.25) is 0 Å². The van der Waals surface area contributed by atoms with Crippen molar-refractivity contribution >= 4 is 10.8 Å². The Balaban J connectivity index is 0.00000133. The molecule has 19 heavy (non-hydrogen) atoms. The van der Waals surface area contributed by atoms with Crippen molar-refractivity contribution in [2.24, 2.45) is 0 Å². The van der Waals surface area contributed by atoms with Crippen LogP contribution in [0, 0.1) is 6.92 Å². The normalized spacial score (nSPS) is 10.2. The van der Waals surface area contributed by atoms with E-state index in [1.165, 1.54) is 22.0 Å². The number of halogens is 1. The molecule has 0 atom stereocenters. The van der Waals surface area contributed by atoms with Gasteiger partial charge in [0.1, 0.15) is 0 Å². The predicted octanol–water partition coefficient (Wildman–Crippen LogP) is 0.488. The topological polar surface area (TPSA) is 3.88 Å². The van der Waals surface area contributed by atoms with Crippen LogP contribution in [-0.2, 0) is 6.54 Å². The highest BCUT2D eigenvalue weighted by Crippen LogP contribution is 2.14. The van der Waals surface area contributed by atoms with Gasteiger partial charge in [-0.2, -0.15) is 4.57 Å². The average molecular weight is 270 g/mol. The summed E-state index contributed by atoms with van der Waals surface area (Å²) in [6, 6.07) is 21.3. The van der Waals surface area contributed by atoms with E-state index in [1.54, 1.807) is 0 Å². The summed E-state index contributed by atoms with van der Waals surface area (Å²) in [5, 5.41) is 2.63. The summed E-state index contributed by atoms with van der Waals surface area (Å²) in [4.78, 5) is 0. The molecule has 2 aromatic carbocycles. The summed E-state index contributed by atoms with van der Waals surface area (Å²) in [5.41, 5.74) is 2.65. The summed E-state index contributed by atoms with van der Waals surface area (Å²) in [6.07, 6.45) is 2.17. The first-order valence-electron chi connectivity index (χ1n) is 6.26. The predicted molar refractivity (Wildman–Crippen MR) is 74.4 cm³/mol. The van der Waals surface area contributed by atoms with E-state index in [-0.39, 0.29) is 12.4 Å². The minimum Gasteiger partial charge on any atom is -1.00 e. The molecular formula is C17H16ClN. The summed E-state index contributed by atoms with van der Waals surface area (Å²) in [5.74, 6) is 0. The molecule has 1 heterocycles. The Hall–Kier alpha value is -1.86. The lowest BCUT2D eigenvalue weighted by molar-refractivity contribution is -0.692. The molecule has 3 aromatic rings. The van der Waals surface area contributed by atoms with Gasteiger partial charge in [0.05, 0.1) is 0 Å². The van der Waals surface area contributed by atoms with Crippen LogP contribution >= 0.6 is 0 Å². The van der Waals surface area contributed by atoms with Crippen LogP contribution in [0.15, 0.2) is 66.9 Å². The highest BCUT2D eigenvalue weighted by atomic mass is 35.5. The number of rotatable bonds is 2. The maximum absolute atomic E-state index is 2.30. The lowest BCUT2D eigenvalue weighted by atomic mass is 10.1. The maximum Gasteiger partial charge on any atom is 0.186 e. The molecule has 1 nitrogen and oxygen atoms in total. The molecule has 0 fully saturated rings. The van der Waals surface area contributed by atoms with Crippen molar-refractivity contribution in [3.63, 3.8) is 0 Å². The third kappa shape index (κ3) is 2.77. The second-order valence-corrected chi connectivity index (χ2v) is 4.60. The smallest absolute Gasteiger partial charge is 0.186 e. The summed E-state index contributed by atoms with van der Waals surface area (Å²) >= 11 is 0. The van der Waals surface area contributed by atoms with Gasteiger partial charge in [-0.1, -0.05) is 48.5 Å². The Labute approximate surface area is 119 Å². The zero-order chi connectivity index (χ0) is 12.4. The molecule has 0 spiro atoms. The average Bonchev–Trinajstić information content (AvgIpc) is 2.43. The molecule has 0 radical (unpaired) electrons. The van der Waals surface area contributed by atoms with Crippen molar-refractivity contribution in [2.45, 2.75) is 13.5 Å². The van der Waals surface area contributed by atoms with Crippen LogP contribution < -0.4 is 17.0 Å². The van der Waals surface area contributed by atoms with Crippen LogP contribution in [0.4, 0.5) is 0 Å². The van der Waals surface area contributed by atoms with E-state index < -0.39 is 0 Å². The summed E-state index contributed by atoms with van der Waals surface area (Å²) < 4.78 is 2.30. The fourth-order valence-corrected chi connectivity index (χ4v) is 2.36. The van der Waals surface area contributed by atoms with Gasteiger partial charge in [-0.25, -0.2) is 0 Å². The largest absolute Gasteiger partial charge is 1.00 e.